The minimum atomic E-state index is -3.22. The molecule has 0 aromatic heterocycles. The number of aliphatic carboxylic acids is 1. The number of hydrogen-bond donors (Lipinski definition) is 25. The van der Waals surface area contributed by atoms with Gasteiger partial charge in [0.15, 0.2) is 37.7 Å². The van der Waals surface area contributed by atoms with E-state index in [1.807, 2.05) is 0 Å². The Balaban J connectivity index is 1.10. The summed E-state index contributed by atoms with van der Waals surface area (Å²) in [5, 5.41) is 252. The smallest absolute Gasteiger partial charge is 0.364 e. The van der Waals surface area contributed by atoms with Crippen molar-refractivity contribution in [2.24, 2.45) is 0 Å². The minimum absolute atomic E-state index is 0.838. The number of carbonyl (C=O) groups excluding carboxylic acids is 2. The molecule has 7 aliphatic heterocycles. The van der Waals surface area contributed by atoms with E-state index in [4.69, 9.17) is 61.6 Å². The van der Waals surface area contributed by atoms with Gasteiger partial charge >= 0.3 is 5.97 Å². The highest BCUT2D eigenvalue weighted by molar-refractivity contribution is 5.76. The van der Waals surface area contributed by atoms with Gasteiger partial charge in [-0.15, -0.1) is 0 Å². The Morgan fingerprint density at radius 2 is 0.878 bits per heavy atom. The van der Waals surface area contributed by atoms with Crippen molar-refractivity contribution in [3.63, 3.8) is 0 Å². The summed E-state index contributed by atoms with van der Waals surface area (Å²) >= 11 is 0. The number of carbonyl (C=O) groups is 3. The van der Waals surface area contributed by atoms with Gasteiger partial charge in [-0.25, -0.2) is 4.79 Å². The summed E-state index contributed by atoms with van der Waals surface area (Å²) in [5.41, 5.74) is 0. The number of hydrogen-bond acceptors (Lipinski definition) is 38. The first-order chi connectivity index (χ1) is 42.4. The highest BCUT2D eigenvalue weighted by Gasteiger charge is 2.62. The molecule has 0 bridgehead atoms. The molecule has 522 valence electrons. The molecule has 36 atom stereocenters. The first-order valence-electron chi connectivity index (χ1n) is 28.3. The van der Waals surface area contributed by atoms with Gasteiger partial charge in [-0.05, 0) is 0 Å². The molecule has 36 unspecified atom stereocenters. The zero-order valence-electron chi connectivity index (χ0n) is 47.7. The fraction of sp³-hybridized carbons (Fsp3) is 0.939. The van der Waals surface area contributed by atoms with Crippen molar-refractivity contribution in [3.05, 3.63) is 0 Å². The fourth-order valence-electron chi connectivity index (χ4n) is 11.4. The van der Waals surface area contributed by atoms with Crippen molar-refractivity contribution in [3.8, 4) is 0 Å². The molecule has 0 saturated carbocycles. The Hall–Kier alpha value is -2.99. The summed E-state index contributed by atoms with van der Waals surface area (Å²) in [6.45, 7) is -5.63. The van der Waals surface area contributed by atoms with Gasteiger partial charge in [0.1, 0.15) is 165 Å². The molecule has 41 nitrogen and oxygen atoms in total. The van der Waals surface area contributed by atoms with E-state index in [1.54, 1.807) is 0 Å². The Bertz CT molecular complexity index is 2290. The standard InChI is InChI=1S/C49H82N2O39/c1-11(58)50-21-13(60)3-49(48(76)77,89-39(21)23(62)14(61)4-52)90-40-26(65)16(6-54)81-46(34(40)73)85-36-18(8-56)82-43(22(27(36)66)51-12(2)59)78-10-20-25(64)29(68)33(72)45(84-20)87-38-19(9-57)83-47(86-37-17(7-55)79-42(75)31(70)30(37)69)35(74)41(38)88-44-32(71)28(67)24(63)15(5-53)80-44/h13-47,52-57,60-75H,3-10H2,1-2H3,(H,50,58)(H,51,59)(H,76,77). The predicted octanol–water partition coefficient (Wildman–Crippen LogP) is -16.8. The summed E-state index contributed by atoms with van der Waals surface area (Å²) in [7, 11) is 0. The molecular formula is C49H82N2O39. The highest BCUT2D eigenvalue weighted by atomic mass is 16.8. The van der Waals surface area contributed by atoms with E-state index in [2.05, 4.69) is 10.6 Å². The number of rotatable bonds is 24. The average Bonchev–Trinajstić information content (AvgIpc) is 0.817. The van der Waals surface area contributed by atoms with E-state index in [1.165, 1.54) is 0 Å². The largest absolute Gasteiger partial charge is 0.477 e. The molecule has 0 aromatic rings. The van der Waals surface area contributed by atoms with Gasteiger partial charge in [0, 0.05) is 20.3 Å². The highest BCUT2D eigenvalue weighted by Crippen LogP contribution is 2.40. The fourth-order valence-corrected chi connectivity index (χ4v) is 11.4. The SMILES string of the molecule is CC(=O)NC1C(OCC2OC(OC3C(CO)OC(OC4C(CO)OC(O)C(O)C4O)C(O)C3OC3OC(CO)C(O)C(O)C3O)C(O)C(O)C2O)OC(CO)C(OC2OC(CO)C(O)C(OC3(C(=O)O)CC(O)C(NC(C)=O)C(C(O)C(O)CO)O3)C2O)C1O. The maximum atomic E-state index is 13.0. The third-order valence-electron chi connectivity index (χ3n) is 16.3. The van der Waals surface area contributed by atoms with Crippen LogP contribution in [-0.4, -0.2) is 402 Å². The zero-order valence-corrected chi connectivity index (χ0v) is 47.7. The van der Waals surface area contributed by atoms with Crippen LogP contribution in [-0.2, 0) is 76.0 Å². The second-order valence-electron chi connectivity index (χ2n) is 22.5. The van der Waals surface area contributed by atoms with E-state index in [-0.39, 0.29) is 0 Å². The first-order valence-corrected chi connectivity index (χ1v) is 28.3. The normalized spacial score (nSPS) is 48.5. The third-order valence-corrected chi connectivity index (χ3v) is 16.3. The van der Waals surface area contributed by atoms with Crippen LogP contribution in [0.3, 0.4) is 0 Å². The van der Waals surface area contributed by atoms with Gasteiger partial charge in [0.25, 0.3) is 5.79 Å². The van der Waals surface area contributed by atoms with Gasteiger partial charge < -0.3 is 190 Å². The van der Waals surface area contributed by atoms with E-state index < -0.39 is 291 Å². The van der Waals surface area contributed by atoms with Gasteiger partial charge in [-0.1, -0.05) is 0 Å². The molecule has 0 radical (unpaired) electrons. The number of carboxylic acids is 1. The summed E-state index contributed by atoms with van der Waals surface area (Å²) in [5.74, 6) is -7.06. The molecule has 0 aromatic carbocycles. The summed E-state index contributed by atoms with van der Waals surface area (Å²) in [6, 6.07) is -3.52. The van der Waals surface area contributed by atoms with E-state index >= 15 is 0 Å². The lowest BCUT2D eigenvalue weighted by Gasteiger charge is -2.51. The van der Waals surface area contributed by atoms with Crippen molar-refractivity contribution in [2.75, 3.05) is 46.2 Å². The molecule has 25 N–H and O–H groups in total. The van der Waals surface area contributed by atoms with Crippen molar-refractivity contribution in [2.45, 2.75) is 241 Å². The van der Waals surface area contributed by atoms with Gasteiger partial charge in [0.05, 0.1) is 58.4 Å². The molecule has 7 fully saturated rings. The molecule has 7 aliphatic rings. The third kappa shape index (κ3) is 15.8. The van der Waals surface area contributed by atoms with Crippen molar-refractivity contribution >= 4 is 17.8 Å². The van der Waals surface area contributed by atoms with Crippen molar-refractivity contribution in [1.29, 1.82) is 0 Å². The summed E-state index contributed by atoms with van der Waals surface area (Å²) in [6.07, 6.45) is -69.7. The van der Waals surface area contributed by atoms with Crippen LogP contribution < -0.4 is 10.6 Å². The van der Waals surface area contributed by atoms with Crippen LogP contribution in [0.5, 0.6) is 0 Å². The molecule has 41 heteroatoms. The van der Waals surface area contributed by atoms with Gasteiger partial charge in [-0.3, -0.25) is 9.59 Å². The average molecular weight is 1320 g/mol. The molecule has 7 saturated heterocycles. The molecular weight excluding hydrogens is 1240 g/mol. The summed E-state index contributed by atoms with van der Waals surface area (Å²) in [4.78, 5) is 37.8. The number of carboxylic acid groups (broad SMARTS) is 1. The Morgan fingerprint density at radius 1 is 0.456 bits per heavy atom. The predicted molar refractivity (Wildman–Crippen MR) is 272 cm³/mol. The topological polar surface area (TPSA) is 661 Å². The maximum Gasteiger partial charge on any atom is 0.364 e. The molecule has 7 rings (SSSR count). The Labute approximate surface area is 508 Å². The Morgan fingerprint density at radius 3 is 1.40 bits per heavy atom. The molecule has 0 aliphatic carbocycles. The number of aliphatic hydroxyl groups is 22. The van der Waals surface area contributed by atoms with Crippen LogP contribution in [0, 0.1) is 0 Å². The van der Waals surface area contributed by atoms with Crippen LogP contribution in [0.1, 0.15) is 20.3 Å². The minimum Gasteiger partial charge on any atom is -0.477 e. The quantitative estimate of drug-likeness (QED) is 0.0427. The summed E-state index contributed by atoms with van der Waals surface area (Å²) < 4.78 is 74.3. The number of aliphatic hydroxyl groups excluding tert-OH is 22. The van der Waals surface area contributed by atoms with Crippen LogP contribution in [0.4, 0.5) is 0 Å². The van der Waals surface area contributed by atoms with Crippen LogP contribution in [0.15, 0.2) is 0 Å². The second-order valence-corrected chi connectivity index (χ2v) is 22.5. The number of nitrogens with one attached hydrogen (secondary N) is 2. The van der Waals surface area contributed by atoms with E-state index in [0.29, 0.717) is 0 Å². The van der Waals surface area contributed by atoms with Gasteiger partial charge in [-0.2, -0.15) is 0 Å². The van der Waals surface area contributed by atoms with Gasteiger partial charge in [0.2, 0.25) is 11.8 Å². The van der Waals surface area contributed by atoms with E-state index in [9.17, 15) is 132 Å². The monoisotopic (exact) mass is 1320 g/mol. The number of ether oxygens (including phenoxy) is 13. The lowest BCUT2D eigenvalue weighted by atomic mass is 9.88. The van der Waals surface area contributed by atoms with Crippen LogP contribution in [0.2, 0.25) is 0 Å². The van der Waals surface area contributed by atoms with Crippen molar-refractivity contribution < 1.29 is 193 Å². The van der Waals surface area contributed by atoms with E-state index in [0.717, 1.165) is 13.8 Å². The zero-order chi connectivity index (χ0) is 66.7. The second kappa shape index (κ2) is 31.7. The molecule has 0 spiro atoms. The molecule has 90 heavy (non-hydrogen) atoms. The Kier molecular flexibility index (Phi) is 26.2. The van der Waals surface area contributed by atoms with Crippen LogP contribution >= 0.6 is 0 Å². The van der Waals surface area contributed by atoms with Crippen molar-refractivity contribution in [1.82, 2.24) is 10.6 Å². The molecule has 2 amide bonds. The van der Waals surface area contributed by atoms with Crippen LogP contribution in [0.25, 0.3) is 0 Å². The first kappa shape index (κ1) is 74.4. The maximum absolute atomic E-state index is 13.0. The lowest BCUT2D eigenvalue weighted by molar-refractivity contribution is -0.400. The number of amides is 2. The molecule has 7 heterocycles. The lowest BCUT2D eigenvalue weighted by Crippen LogP contribution is -2.71.